The van der Waals surface area contributed by atoms with Gasteiger partial charge in [0.1, 0.15) is 0 Å². The Morgan fingerprint density at radius 2 is 0.746 bits per heavy atom. The van der Waals surface area contributed by atoms with Crippen LogP contribution in [-0.4, -0.2) is 24.1 Å². The van der Waals surface area contributed by atoms with Crippen LogP contribution in [0.3, 0.4) is 0 Å². The van der Waals surface area contributed by atoms with Gasteiger partial charge in [-0.1, -0.05) is 178 Å². The molecule has 1 aliphatic rings. The van der Waals surface area contributed by atoms with Gasteiger partial charge in [0.25, 0.3) is 0 Å². The lowest BCUT2D eigenvalue weighted by atomic mass is 9.82. The van der Waals surface area contributed by atoms with Crippen LogP contribution < -0.4 is 0 Å². The molecule has 10 aromatic carbocycles. The molecule has 0 spiro atoms. The molecule has 0 fully saturated rings. The van der Waals surface area contributed by atoms with Crippen LogP contribution in [0.1, 0.15) is 25.0 Å². The van der Waals surface area contributed by atoms with Gasteiger partial charge in [0.2, 0.25) is 0 Å². The van der Waals surface area contributed by atoms with Gasteiger partial charge >= 0.3 is 0 Å². The number of hydrogen-bond donors (Lipinski definition) is 0. The van der Waals surface area contributed by atoms with Crippen molar-refractivity contribution >= 4 is 43.6 Å². The fourth-order valence-electron chi connectivity index (χ4n) is 11.3. The van der Waals surface area contributed by atoms with Crippen molar-refractivity contribution < 1.29 is 0 Å². The van der Waals surface area contributed by atoms with E-state index in [1.807, 2.05) is 36.4 Å². The van der Waals surface area contributed by atoms with Gasteiger partial charge in [0.05, 0.1) is 22.1 Å². The van der Waals surface area contributed by atoms with Gasteiger partial charge in [0.15, 0.2) is 17.5 Å². The largest absolute Gasteiger partial charge is 0.309 e. The summed E-state index contributed by atoms with van der Waals surface area (Å²) >= 11 is 0. The van der Waals surface area contributed by atoms with E-state index in [0.717, 1.165) is 50.2 Å². The highest BCUT2D eigenvalue weighted by molar-refractivity contribution is 6.13. The third-order valence-electron chi connectivity index (χ3n) is 14.7. The third-order valence-corrected chi connectivity index (χ3v) is 14.7. The first kappa shape index (κ1) is 40.8. The molecule has 13 aromatic rings. The maximum absolute atomic E-state index is 5.21. The van der Waals surface area contributed by atoms with Crippen LogP contribution in [0.5, 0.6) is 0 Å². The molecule has 5 heteroatoms. The molecule has 334 valence electrons. The van der Waals surface area contributed by atoms with Crippen LogP contribution in [0.4, 0.5) is 0 Å². The van der Waals surface area contributed by atoms with E-state index in [4.69, 9.17) is 15.0 Å². The Morgan fingerprint density at radius 3 is 1.38 bits per heavy atom. The minimum absolute atomic E-state index is 0.241. The standard InChI is InChI=1S/C66H45N5/c1-66(2)57-33-31-45(46-32-34-61-55(39-46)51-27-15-17-29-59(51)70(61)49-25-13-6-14-26-49)38-53(57)54-40-56-52-28-16-18-30-60(52)71(62(56)41-58(54)66)50-36-47(42-19-7-3-8-20-42)35-48(37-50)65-68-63(43-21-9-4-10-22-43)67-64(69-65)44-23-11-5-12-24-44/h3-41H,1-2H3. The lowest BCUT2D eigenvalue weighted by Crippen LogP contribution is -2.15. The Balaban J connectivity index is 0.948. The molecule has 0 amide bonds. The van der Waals surface area contributed by atoms with Crippen LogP contribution in [0.25, 0.3) is 123 Å². The summed E-state index contributed by atoms with van der Waals surface area (Å²) < 4.78 is 4.83. The van der Waals surface area contributed by atoms with Gasteiger partial charge < -0.3 is 9.13 Å². The number of benzene rings is 10. The molecule has 0 aliphatic heterocycles. The molecular formula is C66H45N5. The summed E-state index contributed by atoms with van der Waals surface area (Å²) in [6.45, 7) is 4.76. The van der Waals surface area contributed by atoms with Crippen molar-refractivity contribution in [3.05, 3.63) is 248 Å². The summed E-state index contributed by atoms with van der Waals surface area (Å²) in [5, 5.41) is 4.93. The molecule has 14 rings (SSSR count). The second-order valence-corrected chi connectivity index (χ2v) is 19.2. The summed E-state index contributed by atoms with van der Waals surface area (Å²) in [5.41, 5.74) is 19.3. The summed E-state index contributed by atoms with van der Waals surface area (Å²) in [4.78, 5) is 15.4. The first-order valence-electron chi connectivity index (χ1n) is 24.3. The van der Waals surface area contributed by atoms with Gasteiger partial charge in [-0.05, 0) is 117 Å². The number of para-hydroxylation sites is 3. The van der Waals surface area contributed by atoms with E-state index in [1.54, 1.807) is 0 Å². The molecule has 1 aliphatic carbocycles. The van der Waals surface area contributed by atoms with Crippen molar-refractivity contribution in [2.75, 3.05) is 0 Å². The molecule has 71 heavy (non-hydrogen) atoms. The SMILES string of the molecule is CC1(C)c2ccc(-c3ccc4c(c3)c3ccccc3n4-c3ccccc3)cc2-c2cc3c4ccccc4n(-c4cc(-c5ccccc5)cc(-c5nc(-c6ccccc6)nc(-c6ccccc6)n5)c4)c3cc21. The summed E-state index contributed by atoms with van der Waals surface area (Å²) in [7, 11) is 0. The number of fused-ring (bicyclic) bond motifs is 9. The molecule has 0 saturated heterocycles. The summed E-state index contributed by atoms with van der Waals surface area (Å²) in [6, 6.07) is 85.1. The van der Waals surface area contributed by atoms with E-state index in [9.17, 15) is 0 Å². The average molecular weight is 908 g/mol. The number of rotatable bonds is 7. The van der Waals surface area contributed by atoms with Gasteiger partial charge in [-0.25, -0.2) is 15.0 Å². The van der Waals surface area contributed by atoms with E-state index in [2.05, 4.69) is 223 Å². The van der Waals surface area contributed by atoms with Crippen molar-refractivity contribution in [3.63, 3.8) is 0 Å². The molecule has 5 nitrogen and oxygen atoms in total. The smallest absolute Gasteiger partial charge is 0.164 e. The lowest BCUT2D eigenvalue weighted by molar-refractivity contribution is 0.661. The molecule has 0 saturated carbocycles. The quantitative estimate of drug-likeness (QED) is 0.160. The van der Waals surface area contributed by atoms with Crippen LogP contribution in [0, 0.1) is 0 Å². The second kappa shape index (κ2) is 15.9. The maximum atomic E-state index is 5.21. The monoisotopic (exact) mass is 907 g/mol. The zero-order valence-corrected chi connectivity index (χ0v) is 39.3. The van der Waals surface area contributed by atoms with E-state index < -0.39 is 0 Å². The van der Waals surface area contributed by atoms with Crippen molar-refractivity contribution in [1.29, 1.82) is 0 Å². The minimum Gasteiger partial charge on any atom is -0.309 e. The molecule has 0 radical (unpaired) electrons. The van der Waals surface area contributed by atoms with Crippen molar-refractivity contribution in [3.8, 4) is 78.9 Å². The van der Waals surface area contributed by atoms with Crippen LogP contribution in [0.2, 0.25) is 0 Å². The fourth-order valence-corrected chi connectivity index (χ4v) is 11.3. The topological polar surface area (TPSA) is 48.5 Å². The van der Waals surface area contributed by atoms with E-state index in [0.29, 0.717) is 17.5 Å². The van der Waals surface area contributed by atoms with Gasteiger partial charge in [0, 0.05) is 55.0 Å². The Morgan fingerprint density at radius 1 is 0.282 bits per heavy atom. The minimum atomic E-state index is -0.241. The molecule has 0 atom stereocenters. The van der Waals surface area contributed by atoms with Crippen molar-refractivity contribution in [2.24, 2.45) is 0 Å². The van der Waals surface area contributed by atoms with Crippen molar-refractivity contribution in [2.45, 2.75) is 19.3 Å². The highest BCUT2D eigenvalue weighted by Gasteiger charge is 2.37. The van der Waals surface area contributed by atoms with E-state index in [1.165, 1.54) is 66.0 Å². The molecule has 0 bridgehead atoms. The Bertz CT molecular complexity index is 4170. The molecular weight excluding hydrogens is 863 g/mol. The molecule has 3 heterocycles. The van der Waals surface area contributed by atoms with Crippen LogP contribution in [-0.2, 0) is 5.41 Å². The van der Waals surface area contributed by atoms with Gasteiger partial charge in [-0.15, -0.1) is 0 Å². The normalized spacial score (nSPS) is 12.8. The summed E-state index contributed by atoms with van der Waals surface area (Å²) in [6.07, 6.45) is 0. The zero-order chi connectivity index (χ0) is 47.2. The fraction of sp³-hybridized carbons (Fsp3) is 0.0455. The van der Waals surface area contributed by atoms with E-state index >= 15 is 0 Å². The Hall–Kier alpha value is -9.19. The molecule has 0 N–H and O–H groups in total. The van der Waals surface area contributed by atoms with Crippen LogP contribution in [0.15, 0.2) is 237 Å². The van der Waals surface area contributed by atoms with Crippen LogP contribution >= 0.6 is 0 Å². The molecule has 0 unspecified atom stereocenters. The highest BCUT2D eigenvalue weighted by Crippen LogP contribution is 2.52. The first-order valence-corrected chi connectivity index (χ1v) is 24.3. The predicted molar refractivity (Wildman–Crippen MR) is 293 cm³/mol. The average Bonchev–Trinajstić information content (AvgIpc) is 4.03. The summed E-state index contributed by atoms with van der Waals surface area (Å²) in [5.74, 6) is 1.89. The first-order chi connectivity index (χ1) is 34.9. The third kappa shape index (κ3) is 6.58. The highest BCUT2D eigenvalue weighted by atomic mass is 15.0. The Kier molecular flexibility index (Phi) is 9.17. The van der Waals surface area contributed by atoms with Gasteiger partial charge in [-0.3, -0.25) is 0 Å². The number of aromatic nitrogens is 5. The van der Waals surface area contributed by atoms with Gasteiger partial charge in [-0.2, -0.15) is 0 Å². The number of nitrogens with zero attached hydrogens (tertiary/aromatic N) is 5. The zero-order valence-electron chi connectivity index (χ0n) is 39.3. The number of hydrogen-bond acceptors (Lipinski definition) is 3. The van der Waals surface area contributed by atoms with E-state index in [-0.39, 0.29) is 5.41 Å². The predicted octanol–water partition coefficient (Wildman–Crippen LogP) is 16.7. The maximum Gasteiger partial charge on any atom is 0.164 e. The lowest BCUT2D eigenvalue weighted by Gasteiger charge is -2.22. The molecule has 3 aromatic heterocycles. The van der Waals surface area contributed by atoms with Crippen molar-refractivity contribution in [1.82, 2.24) is 24.1 Å². The Labute approximate surface area is 411 Å². The second-order valence-electron chi connectivity index (χ2n) is 19.2.